The maximum atomic E-state index is 12.4. The predicted molar refractivity (Wildman–Crippen MR) is 142 cm³/mol. The number of nitrogens with two attached hydrogens (primary N) is 1. The summed E-state index contributed by atoms with van der Waals surface area (Å²) in [4.78, 5) is 23.8. The van der Waals surface area contributed by atoms with E-state index < -0.39 is 18.5 Å². The number of carboxylic acid groups (broad SMARTS) is 1. The summed E-state index contributed by atoms with van der Waals surface area (Å²) in [5, 5.41) is 11.2. The van der Waals surface area contributed by atoms with Gasteiger partial charge in [-0.25, -0.2) is 4.79 Å². The molecule has 5 aromatic rings. The third-order valence-electron chi connectivity index (χ3n) is 6.34. The molecular formula is C29H23ClN2O4. The van der Waals surface area contributed by atoms with Crippen LogP contribution in [-0.4, -0.2) is 28.2 Å². The maximum absolute atomic E-state index is 12.4. The number of amides is 1. The molecule has 6 nitrogen and oxygen atoms in total. The summed E-state index contributed by atoms with van der Waals surface area (Å²) < 4.78 is 7.92. The van der Waals surface area contributed by atoms with Crippen molar-refractivity contribution in [1.29, 1.82) is 0 Å². The summed E-state index contributed by atoms with van der Waals surface area (Å²) in [6, 6.07) is 24.7. The zero-order valence-electron chi connectivity index (χ0n) is 19.5. The molecule has 1 heterocycles. The van der Waals surface area contributed by atoms with Crippen LogP contribution in [-0.2, 0) is 11.3 Å². The third kappa shape index (κ3) is 4.27. The van der Waals surface area contributed by atoms with Crippen molar-refractivity contribution in [3.63, 3.8) is 0 Å². The molecule has 3 N–H and O–H groups in total. The number of aliphatic carboxylic acids is 1. The number of nitrogens with zero attached hydrogens (tertiary/aromatic N) is 1. The number of benzene rings is 4. The first kappa shape index (κ1) is 23.5. The Bertz CT molecular complexity index is 1640. The third-order valence-corrected chi connectivity index (χ3v) is 6.59. The minimum absolute atomic E-state index is 0.348. The average molecular weight is 499 g/mol. The average Bonchev–Trinajstić information content (AvgIpc) is 3.17. The van der Waals surface area contributed by atoms with Crippen molar-refractivity contribution in [2.24, 2.45) is 5.73 Å². The Morgan fingerprint density at radius 3 is 2.36 bits per heavy atom. The standard InChI is InChI=1S/C29H23ClN2O4/c1-17-5-2-3-6-19(17)15-32-23-8-4-7-22(29(31)35)27(23)28-24(32)13-20(14-25(28)36-16-26(33)34)18-9-11-21(30)12-10-18/h2-14H,15-16H2,1H3,(H2,31,35)(H,33,34). The first-order valence-electron chi connectivity index (χ1n) is 11.4. The highest BCUT2D eigenvalue weighted by atomic mass is 35.5. The lowest BCUT2D eigenvalue weighted by Gasteiger charge is -2.13. The monoisotopic (exact) mass is 498 g/mol. The number of carbonyl (C=O) groups excluding carboxylic acids is 1. The number of carboxylic acids is 1. The lowest BCUT2D eigenvalue weighted by atomic mass is 10.0. The number of hydrogen-bond acceptors (Lipinski definition) is 3. The van der Waals surface area contributed by atoms with E-state index in [0.29, 0.717) is 33.7 Å². The Hall–Kier alpha value is -4.29. The van der Waals surface area contributed by atoms with Crippen molar-refractivity contribution in [2.45, 2.75) is 13.5 Å². The highest BCUT2D eigenvalue weighted by Crippen LogP contribution is 2.41. The quantitative estimate of drug-likeness (QED) is 0.286. The molecule has 0 bridgehead atoms. The van der Waals surface area contributed by atoms with Crippen LogP contribution in [0.1, 0.15) is 21.5 Å². The molecule has 0 fully saturated rings. The largest absolute Gasteiger partial charge is 0.481 e. The lowest BCUT2D eigenvalue weighted by Crippen LogP contribution is -2.11. The fourth-order valence-electron chi connectivity index (χ4n) is 4.62. The molecule has 0 atom stereocenters. The van der Waals surface area contributed by atoms with Crippen LogP contribution in [0.2, 0.25) is 5.02 Å². The molecule has 0 aliphatic rings. The minimum Gasteiger partial charge on any atom is -0.481 e. The van der Waals surface area contributed by atoms with Gasteiger partial charge < -0.3 is 20.1 Å². The molecule has 0 saturated carbocycles. The SMILES string of the molecule is Cc1ccccc1Cn1c2cc(-c3ccc(Cl)cc3)cc(OCC(=O)O)c2c2c(C(N)=O)cccc21. The van der Waals surface area contributed by atoms with Gasteiger partial charge in [0.15, 0.2) is 6.61 Å². The molecular weight excluding hydrogens is 476 g/mol. The Kier molecular flexibility index (Phi) is 6.12. The van der Waals surface area contributed by atoms with E-state index >= 15 is 0 Å². The smallest absolute Gasteiger partial charge is 0.341 e. The molecule has 180 valence electrons. The van der Waals surface area contributed by atoms with Crippen molar-refractivity contribution < 1.29 is 19.4 Å². The van der Waals surface area contributed by atoms with E-state index in [0.717, 1.165) is 33.3 Å². The maximum Gasteiger partial charge on any atom is 0.341 e. The molecule has 0 aliphatic heterocycles. The van der Waals surface area contributed by atoms with Gasteiger partial charge in [-0.3, -0.25) is 4.79 Å². The molecule has 5 rings (SSSR count). The predicted octanol–water partition coefficient (Wildman–Crippen LogP) is 6.03. The zero-order valence-corrected chi connectivity index (χ0v) is 20.3. The number of carbonyl (C=O) groups is 2. The van der Waals surface area contributed by atoms with Crippen molar-refractivity contribution in [3.8, 4) is 16.9 Å². The van der Waals surface area contributed by atoms with Gasteiger partial charge in [0, 0.05) is 22.5 Å². The molecule has 0 spiro atoms. The van der Waals surface area contributed by atoms with Crippen LogP contribution in [0.5, 0.6) is 5.75 Å². The van der Waals surface area contributed by atoms with Crippen molar-refractivity contribution in [1.82, 2.24) is 4.57 Å². The van der Waals surface area contributed by atoms with E-state index in [2.05, 4.69) is 23.6 Å². The van der Waals surface area contributed by atoms with E-state index in [9.17, 15) is 14.7 Å². The van der Waals surface area contributed by atoms with Crippen LogP contribution in [0, 0.1) is 6.92 Å². The summed E-state index contributed by atoms with van der Waals surface area (Å²) in [5.74, 6) is -1.30. The second-order valence-electron chi connectivity index (χ2n) is 8.63. The number of hydrogen-bond donors (Lipinski definition) is 2. The Balaban J connectivity index is 1.87. The van der Waals surface area contributed by atoms with Crippen LogP contribution in [0.4, 0.5) is 0 Å². The summed E-state index contributed by atoms with van der Waals surface area (Å²) in [6.45, 7) is 2.07. The summed E-state index contributed by atoms with van der Waals surface area (Å²) >= 11 is 6.10. The number of ether oxygens (including phenoxy) is 1. The Morgan fingerprint density at radius 1 is 0.917 bits per heavy atom. The van der Waals surface area contributed by atoms with Gasteiger partial charge in [0.1, 0.15) is 5.75 Å². The number of aromatic nitrogens is 1. The van der Waals surface area contributed by atoms with Gasteiger partial charge in [0.25, 0.3) is 0 Å². The summed E-state index contributed by atoms with van der Waals surface area (Å²) in [6.07, 6.45) is 0. The van der Waals surface area contributed by atoms with Crippen molar-refractivity contribution in [3.05, 3.63) is 101 Å². The van der Waals surface area contributed by atoms with E-state index in [1.165, 1.54) is 0 Å². The van der Waals surface area contributed by atoms with Crippen molar-refractivity contribution >= 4 is 45.3 Å². The number of fused-ring (bicyclic) bond motifs is 3. The Morgan fingerprint density at radius 2 is 1.67 bits per heavy atom. The highest BCUT2D eigenvalue weighted by Gasteiger charge is 2.22. The highest BCUT2D eigenvalue weighted by molar-refractivity contribution is 6.30. The lowest BCUT2D eigenvalue weighted by molar-refractivity contribution is -0.139. The van der Waals surface area contributed by atoms with Gasteiger partial charge in [0.05, 0.1) is 16.4 Å². The van der Waals surface area contributed by atoms with Crippen LogP contribution in [0.25, 0.3) is 32.9 Å². The van der Waals surface area contributed by atoms with E-state index in [1.54, 1.807) is 30.3 Å². The number of aryl methyl sites for hydroxylation is 1. The van der Waals surface area contributed by atoms with E-state index in [4.69, 9.17) is 22.1 Å². The van der Waals surface area contributed by atoms with Gasteiger partial charge in [-0.1, -0.05) is 54.1 Å². The topological polar surface area (TPSA) is 94.6 Å². The molecule has 0 unspecified atom stereocenters. The fraction of sp³-hybridized carbons (Fsp3) is 0.103. The molecule has 7 heteroatoms. The molecule has 4 aromatic carbocycles. The number of rotatable bonds is 7. The van der Waals surface area contributed by atoms with Gasteiger partial charge in [-0.2, -0.15) is 0 Å². The molecule has 36 heavy (non-hydrogen) atoms. The second kappa shape index (κ2) is 9.40. The molecule has 1 amide bonds. The zero-order chi connectivity index (χ0) is 25.4. The molecule has 0 aliphatic carbocycles. The van der Waals surface area contributed by atoms with Gasteiger partial charge in [-0.15, -0.1) is 0 Å². The first-order chi connectivity index (χ1) is 17.3. The van der Waals surface area contributed by atoms with E-state index in [-0.39, 0.29) is 0 Å². The normalized spacial score (nSPS) is 11.2. The number of primary amides is 1. The minimum atomic E-state index is -1.10. The summed E-state index contributed by atoms with van der Waals surface area (Å²) in [7, 11) is 0. The van der Waals surface area contributed by atoms with Crippen LogP contribution in [0.3, 0.4) is 0 Å². The van der Waals surface area contributed by atoms with Gasteiger partial charge >= 0.3 is 5.97 Å². The van der Waals surface area contributed by atoms with Crippen LogP contribution < -0.4 is 10.5 Å². The summed E-state index contributed by atoms with van der Waals surface area (Å²) in [5.41, 5.74) is 11.7. The molecule has 1 aromatic heterocycles. The molecule has 0 saturated heterocycles. The van der Waals surface area contributed by atoms with Crippen LogP contribution in [0.15, 0.2) is 78.9 Å². The van der Waals surface area contributed by atoms with Gasteiger partial charge in [0.2, 0.25) is 5.91 Å². The van der Waals surface area contributed by atoms with Crippen molar-refractivity contribution in [2.75, 3.05) is 6.61 Å². The second-order valence-corrected chi connectivity index (χ2v) is 9.07. The van der Waals surface area contributed by atoms with E-state index in [1.807, 2.05) is 36.4 Å². The molecule has 0 radical (unpaired) electrons. The first-order valence-corrected chi connectivity index (χ1v) is 11.7. The van der Waals surface area contributed by atoms with Crippen LogP contribution >= 0.6 is 11.6 Å². The van der Waals surface area contributed by atoms with Gasteiger partial charge in [-0.05, 0) is 65.6 Å². The fourth-order valence-corrected chi connectivity index (χ4v) is 4.74. The Labute approximate surface area is 212 Å². The number of halogens is 1.